The van der Waals surface area contributed by atoms with Crippen molar-refractivity contribution in [1.82, 2.24) is 10.2 Å². The Hall–Kier alpha value is -0.210. The van der Waals surface area contributed by atoms with E-state index < -0.39 is 0 Å². The summed E-state index contributed by atoms with van der Waals surface area (Å²) in [5.41, 5.74) is 2.11. The highest BCUT2D eigenvalue weighted by atomic mass is 35.5. The van der Waals surface area contributed by atoms with E-state index in [9.17, 15) is 0 Å². The van der Waals surface area contributed by atoms with E-state index >= 15 is 0 Å². The summed E-state index contributed by atoms with van der Waals surface area (Å²) in [6.45, 7) is 2.13. The van der Waals surface area contributed by atoms with E-state index in [0.29, 0.717) is 5.88 Å². The molecule has 0 saturated heterocycles. The number of rotatable bonds is 3. The van der Waals surface area contributed by atoms with Gasteiger partial charge in [0.2, 0.25) is 0 Å². The predicted octanol–water partition coefficient (Wildman–Crippen LogP) is 2.52. The molecule has 0 amide bonds. The largest absolute Gasteiger partial charge is 0.281 e. The number of nitrogens with one attached hydrogen (secondary N) is 1. The van der Waals surface area contributed by atoms with Crippen molar-refractivity contribution in [2.45, 2.75) is 25.6 Å². The average Bonchev–Trinajstić information content (AvgIpc) is 2.37. The van der Waals surface area contributed by atoms with Gasteiger partial charge < -0.3 is 0 Å². The summed E-state index contributed by atoms with van der Waals surface area (Å²) >= 11 is 5.57. The third kappa shape index (κ3) is 3.12. The number of aromatic amines is 1. The molecule has 0 bridgehead atoms. The lowest BCUT2D eigenvalue weighted by molar-refractivity contribution is 0.864. The summed E-state index contributed by atoms with van der Waals surface area (Å²) in [4.78, 5) is 0. The van der Waals surface area contributed by atoms with Crippen molar-refractivity contribution in [2.24, 2.45) is 0 Å². The highest BCUT2D eigenvalue weighted by Crippen LogP contribution is 2.04. The molecule has 0 aliphatic rings. The van der Waals surface area contributed by atoms with E-state index in [2.05, 4.69) is 17.1 Å². The Kier molecular flexibility index (Phi) is 5.34. The van der Waals surface area contributed by atoms with Crippen LogP contribution < -0.4 is 0 Å². The van der Waals surface area contributed by atoms with E-state index in [4.69, 9.17) is 11.6 Å². The van der Waals surface area contributed by atoms with E-state index in [1.807, 2.05) is 6.07 Å². The Bertz CT molecular complexity index is 198. The Morgan fingerprint density at radius 2 is 2.36 bits per heavy atom. The summed E-state index contributed by atoms with van der Waals surface area (Å²) in [7, 11) is 0. The average molecular weight is 195 g/mol. The maximum absolute atomic E-state index is 5.57. The van der Waals surface area contributed by atoms with Crippen molar-refractivity contribution in [3.63, 3.8) is 0 Å². The molecule has 1 heterocycles. The molecule has 11 heavy (non-hydrogen) atoms. The van der Waals surface area contributed by atoms with Gasteiger partial charge in [-0.15, -0.1) is 24.0 Å². The van der Waals surface area contributed by atoms with Crippen LogP contribution in [0.3, 0.4) is 0 Å². The van der Waals surface area contributed by atoms with Crippen molar-refractivity contribution in [1.29, 1.82) is 0 Å². The van der Waals surface area contributed by atoms with Crippen LogP contribution in [-0.4, -0.2) is 10.2 Å². The number of hydrogen-bond acceptors (Lipinski definition) is 1. The molecule has 0 fully saturated rings. The standard InChI is InChI=1S/C7H11ClN2.ClH/c1-2-3-6-4-7(5-8)10-9-6;/h4H,2-3,5H2,1H3,(H,9,10);1H. The Morgan fingerprint density at radius 1 is 1.64 bits per heavy atom. The number of alkyl halides is 1. The van der Waals surface area contributed by atoms with Crippen molar-refractivity contribution >= 4 is 24.0 Å². The van der Waals surface area contributed by atoms with Crippen LogP contribution in [0.1, 0.15) is 24.7 Å². The quantitative estimate of drug-likeness (QED) is 0.737. The third-order valence-electron chi connectivity index (χ3n) is 1.33. The minimum absolute atomic E-state index is 0. The zero-order valence-corrected chi connectivity index (χ0v) is 8.00. The van der Waals surface area contributed by atoms with Gasteiger partial charge in [0.15, 0.2) is 0 Å². The molecule has 0 aromatic carbocycles. The summed E-state index contributed by atoms with van der Waals surface area (Å²) in [6, 6.07) is 2.01. The smallest absolute Gasteiger partial charge is 0.0641 e. The molecule has 0 unspecified atom stereocenters. The van der Waals surface area contributed by atoms with Gasteiger partial charge in [0.1, 0.15) is 0 Å². The zero-order chi connectivity index (χ0) is 7.40. The first-order chi connectivity index (χ1) is 4.86. The first-order valence-electron chi connectivity index (χ1n) is 3.46. The maximum Gasteiger partial charge on any atom is 0.0641 e. The molecular weight excluding hydrogens is 183 g/mol. The van der Waals surface area contributed by atoms with Crippen LogP contribution in [0.25, 0.3) is 0 Å². The number of aromatic nitrogens is 2. The van der Waals surface area contributed by atoms with Gasteiger partial charge in [-0.25, -0.2) is 0 Å². The van der Waals surface area contributed by atoms with E-state index in [0.717, 1.165) is 24.2 Å². The third-order valence-corrected chi connectivity index (χ3v) is 1.62. The normalized spacial score (nSPS) is 9.27. The fourth-order valence-electron chi connectivity index (χ4n) is 0.862. The van der Waals surface area contributed by atoms with Crippen LogP contribution in [0.4, 0.5) is 0 Å². The van der Waals surface area contributed by atoms with E-state index in [1.54, 1.807) is 0 Å². The molecule has 64 valence electrons. The van der Waals surface area contributed by atoms with Crippen LogP contribution in [-0.2, 0) is 12.3 Å². The van der Waals surface area contributed by atoms with Crippen LogP contribution in [0.15, 0.2) is 6.07 Å². The van der Waals surface area contributed by atoms with Crippen LogP contribution in [0.2, 0.25) is 0 Å². The van der Waals surface area contributed by atoms with Gasteiger partial charge in [-0.1, -0.05) is 13.3 Å². The molecule has 4 heteroatoms. The SMILES string of the molecule is CCCc1cc(CCl)[nH]n1.Cl. The molecule has 0 spiro atoms. The van der Waals surface area contributed by atoms with Crippen molar-refractivity contribution in [3.05, 3.63) is 17.5 Å². The highest BCUT2D eigenvalue weighted by Gasteiger charge is 1.96. The van der Waals surface area contributed by atoms with E-state index in [-0.39, 0.29) is 12.4 Å². The van der Waals surface area contributed by atoms with Gasteiger partial charge in [0, 0.05) is 0 Å². The zero-order valence-electron chi connectivity index (χ0n) is 6.43. The number of nitrogens with zero attached hydrogens (tertiary/aromatic N) is 1. The Labute approximate surface area is 77.7 Å². The van der Waals surface area contributed by atoms with Crippen molar-refractivity contribution in [3.8, 4) is 0 Å². The molecule has 1 N–H and O–H groups in total. The van der Waals surface area contributed by atoms with Gasteiger partial charge in [-0.3, -0.25) is 5.10 Å². The fourth-order valence-corrected chi connectivity index (χ4v) is 0.999. The lowest BCUT2D eigenvalue weighted by Crippen LogP contribution is -1.80. The second-order valence-corrected chi connectivity index (χ2v) is 2.54. The van der Waals surface area contributed by atoms with Crippen LogP contribution >= 0.6 is 24.0 Å². The number of hydrogen-bond donors (Lipinski definition) is 1. The fraction of sp³-hybridized carbons (Fsp3) is 0.571. The molecule has 0 radical (unpaired) electrons. The lowest BCUT2D eigenvalue weighted by atomic mass is 10.2. The molecule has 0 atom stereocenters. The molecule has 1 aromatic rings. The van der Waals surface area contributed by atoms with Gasteiger partial charge in [0.25, 0.3) is 0 Å². The Morgan fingerprint density at radius 3 is 2.82 bits per heavy atom. The second-order valence-electron chi connectivity index (χ2n) is 2.27. The van der Waals surface area contributed by atoms with Crippen molar-refractivity contribution in [2.75, 3.05) is 0 Å². The summed E-state index contributed by atoms with van der Waals surface area (Å²) in [6.07, 6.45) is 2.17. The number of aryl methyl sites for hydroxylation is 1. The van der Waals surface area contributed by atoms with Gasteiger partial charge in [-0.05, 0) is 12.5 Å². The Balaban J connectivity index is 0.000001000. The molecule has 1 rings (SSSR count). The number of halogens is 2. The molecule has 0 aliphatic carbocycles. The summed E-state index contributed by atoms with van der Waals surface area (Å²) in [5, 5.41) is 6.93. The minimum atomic E-state index is 0. The molecule has 1 aromatic heterocycles. The van der Waals surface area contributed by atoms with Gasteiger partial charge in [0.05, 0.1) is 17.3 Å². The van der Waals surface area contributed by atoms with Crippen LogP contribution in [0.5, 0.6) is 0 Å². The molecule has 2 nitrogen and oxygen atoms in total. The van der Waals surface area contributed by atoms with E-state index in [1.165, 1.54) is 0 Å². The molecular formula is C7H12Cl2N2. The maximum atomic E-state index is 5.57. The topological polar surface area (TPSA) is 28.7 Å². The summed E-state index contributed by atoms with van der Waals surface area (Å²) < 4.78 is 0. The minimum Gasteiger partial charge on any atom is -0.281 e. The molecule has 0 saturated carbocycles. The lowest BCUT2D eigenvalue weighted by Gasteiger charge is -1.85. The summed E-state index contributed by atoms with van der Waals surface area (Å²) in [5.74, 6) is 0.525. The number of H-pyrrole nitrogens is 1. The predicted molar refractivity (Wildman–Crippen MR) is 49.4 cm³/mol. The van der Waals surface area contributed by atoms with Crippen molar-refractivity contribution < 1.29 is 0 Å². The first kappa shape index (κ1) is 10.8. The van der Waals surface area contributed by atoms with Gasteiger partial charge in [-0.2, -0.15) is 5.10 Å². The highest BCUT2D eigenvalue weighted by molar-refractivity contribution is 6.16. The van der Waals surface area contributed by atoms with Gasteiger partial charge >= 0.3 is 0 Å². The first-order valence-corrected chi connectivity index (χ1v) is 3.99. The van der Waals surface area contributed by atoms with Crippen LogP contribution in [0, 0.1) is 0 Å². The second kappa shape index (κ2) is 5.44. The molecule has 0 aliphatic heterocycles. The monoisotopic (exact) mass is 194 g/mol.